The van der Waals surface area contributed by atoms with Crippen LogP contribution in [0.25, 0.3) is 11.5 Å². The summed E-state index contributed by atoms with van der Waals surface area (Å²) in [5.41, 5.74) is 0.172. The maximum absolute atomic E-state index is 7.43. The van der Waals surface area contributed by atoms with E-state index < -0.39 is 0 Å². The first-order valence-corrected chi connectivity index (χ1v) is 2.39. The highest BCUT2D eigenvalue weighted by Gasteiger charge is 1.99. The normalized spacial score (nSPS) is 16.4. The first-order valence-electron chi connectivity index (χ1n) is 4.39. The fraction of sp³-hybridized carbons (Fsp3) is 0. The molecule has 0 bridgehead atoms. The molecule has 2 heterocycles. The molecule has 0 saturated heterocycles. The van der Waals surface area contributed by atoms with Crippen molar-refractivity contribution in [3.8, 4) is 11.5 Å². The van der Waals surface area contributed by atoms with E-state index in [2.05, 4.69) is 15.0 Å². The molecule has 2 rings (SSSR count). The van der Waals surface area contributed by atoms with Crippen molar-refractivity contribution in [1.82, 2.24) is 15.0 Å². The number of aromatic nitrogens is 3. The zero-order chi connectivity index (χ0) is 9.59. The number of hydrogen-bond donors (Lipinski definition) is 1. The van der Waals surface area contributed by atoms with Crippen LogP contribution in [0.5, 0.6) is 0 Å². The molecule has 0 spiro atoms. The number of hydrogen-bond acceptors (Lipinski definition) is 2. The summed E-state index contributed by atoms with van der Waals surface area (Å²) in [5.74, 6) is 0.219. The van der Waals surface area contributed by atoms with Crippen LogP contribution in [-0.2, 0) is 0 Å². The molecule has 0 atom stereocenters. The number of aromatic amines is 1. The molecule has 0 radical (unpaired) electrons. The van der Waals surface area contributed by atoms with Crippen LogP contribution in [0.3, 0.4) is 0 Å². The molecular weight excluding hydrogens is 114 g/mol. The van der Waals surface area contributed by atoms with Crippen LogP contribution < -0.4 is 0 Å². The van der Waals surface area contributed by atoms with E-state index in [9.17, 15) is 0 Å². The van der Waals surface area contributed by atoms with Crippen molar-refractivity contribution in [3.05, 3.63) is 24.6 Å². The summed E-state index contributed by atoms with van der Waals surface area (Å²) in [4.78, 5) is 9.79. The van der Waals surface area contributed by atoms with Gasteiger partial charge in [-0.05, 0) is 12.1 Å². The first kappa shape index (κ1) is 2.10. The lowest BCUT2D eigenvalue weighted by atomic mass is 10.4. The summed E-state index contributed by atoms with van der Waals surface area (Å²) in [6.45, 7) is 0. The highest BCUT2D eigenvalue weighted by Crippen LogP contribution is 2.09. The van der Waals surface area contributed by atoms with Gasteiger partial charge < -0.3 is 4.98 Å². The molecule has 2 aliphatic heterocycles. The molecule has 1 N–H and O–H groups in total. The SMILES string of the molecule is [2H]c1nc2[nH]c([2H])c([2H])c([2H])c-2n1. The second-order valence-corrected chi connectivity index (χ2v) is 1.52. The molecule has 44 valence electrons. The van der Waals surface area contributed by atoms with E-state index in [0.717, 1.165) is 0 Å². The molecule has 0 aromatic rings. The highest BCUT2D eigenvalue weighted by molar-refractivity contribution is 5.48. The van der Waals surface area contributed by atoms with Crippen molar-refractivity contribution in [3.63, 3.8) is 0 Å². The fourth-order valence-electron chi connectivity index (χ4n) is 0.586. The van der Waals surface area contributed by atoms with Gasteiger partial charge in [-0.1, -0.05) is 0 Å². The van der Waals surface area contributed by atoms with Gasteiger partial charge in [0, 0.05) is 6.17 Å². The van der Waals surface area contributed by atoms with Gasteiger partial charge in [0.25, 0.3) is 0 Å². The average molecular weight is 123 g/mol. The van der Waals surface area contributed by atoms with Gasteiger partial charge in [0.2, 0.25) is 0 Å². The summed E-state index contributed by atoms with van der Waals surface area (Å²) in [6, 6.07) is -0.392. The van der Waals surface area contributed by atoms with E-state index in [-0.39, 0.29) is 36.1 Å². The van der Waals surface area contributed by atoms with Crippen LogP contribution in [-0.4, -0.2) is 15.0 Å². The number of nitrogens with zero attached hydrogens (tertiary/aromatic N) is 2. The quantitative estimate of drug-likeness (QED) is 0.565. The summed E-state index contributed by atoms with van der Waals surface area (Å²) in [5, 5.41) is 0. The molecule has 2 aliphatic rings. The number of imidazole rings is 1. The van der Waals surface area contributed by atoms with Crippen molar-refractivity contribution in [1.29, 1.82) is 0 Å². The lowest BCUT2D eigenvalue weighted by Crippen LogP contribution is -1.80. The fourth-order valence-corrected chi connectivity index (χ4v) is 0.586. The predicted molar refractivity (Wildman–Crippen MR) is 33.0 cm³/mol. The van der Waals surface area contributed by atoms with Crippen LogP contribution in [0, 0.1) is 0 Å². The lowest BCUT2D eigenvalue weighted by molar-refractivity contribution is 1.23. The van der Waals surface area contributed by atoms with Gasteiger partial charge in [-0.3, -0.25) is 0 Å². The smallest absolute Gasteiger partial charge is 0.157 e. The van der Waals surface area contributed by atoms with Crippen molar-refractivity contribution < 1.29 is 5.48 Å². The Morgan fingerprint density at radius 1 is 1.56 bits per heavy atom. The van der Waals surface area contributed by atoms with Crippen LogP contribution in [0.15, 0.2) is 24.6 Å². The highest BCUT2D eigenvalue weighted by atomic mass is 15.0. The molecule has 9 heavy (non-hydrogen) atoms. The minimum Gasteiger partial charge on any atom is -0.345 e. The third-order valence-electron chi connectivity index (χ3n) is 0.972. The molecule has 0 amide bonds. The Morgan fingerprint density at radius 3 is 3.56 bits per heavy atom. The minimum atomic E-state index is -0.229. The van der Waals surface area contributed by atoms with Crippen LogP contribution in [0.1, 0.15) is 5.48 Å². The van der Waals surface area contributed by atoms with Crippen molar-refractivity contribution in [2.45, 2.75) is 0 Å². The molecule has 0 aromatic heterocycles. The minimum absolute atomic E-state index is 0.162. The van der Waals surface area contributed by atoms with Gasteiger partial charge in [-0.25, -0.2) is 9.97 Å². The summed E-state index contributed by atoms with van der Waals surface area (Å²) < 4.78 is 29.1. The van der Waals surface area contributed by atoms with Crippen LogP contribution in [0.2, 0.25) is 0 Å². The Balaban J connectivity index is 2.85. The van der Waals surface area contributed by atoms with E-state index in [1.165, 1.54) is 0 Å². The average Bonchev–Trinajstić information content (AvgIpc) is 2.42. The van der Waals surface area contributed by atoms with E-state index in [0.29, 0.717) is 0 Å². The standard InChI is InChI=1S/C6H5N3/c1-2-5-6(7-3-1)9-4-8-5/h1-4H,(H,7,8,9)/i1D,2D,3D,4D. The van der Waals surface area contributed by atoms with Crippen molar-refractivity contribution in [2.24, 2.45) is 0 Å². The summed E-state index contributed by atoms with van der Waals surface area (Å²) >= 11 is 0. The van der Waals surface area contributed by atoms with E-state index >= 15 is 0 Å². The van der Waals surface area contributed by atoms with Crippen molar-refractivity contribution in [2.75, 3.05) is 0 Å². The Bertz CT molecular complexity index is 438. The molecule has 3 heteroatoms. The predicted octanol–water partition coefficient (Wildman–Crippen LogP) is 0.909. The van der Waals surface area contributed by atoms with E-state index in [1.807, 2.05) is 0 Å². The monoisotopic (exact) mass is 123 g/mol. The Labute approximate surface area is 57.7 Å². The zero-order valence-electron chi connectivity index (χ0n) is 8.39. The topological polar surface area (TPSA) is 41.6 Å². The first-order chi connectivity index (χ1) is 6.09. The maximum atomic E-state index is 7.43. The zero-order valence-corrected chi connectivity index (χ0v) is 4.39. The third-order valence-corrected chi connectivity index (χ3v) is 0.972. The van der Waals surface area contributed by atoms with Crippen LogP contribution >= 0.6 is 0 Å². The third kappa shape index (κ3) is 0.579. The molecule has 0 saturated carbocycles. The number of pyridine rings is 1. The number of H-pyrrole nitrogens is 1. The number of rotatable bonds is 0. The molecule has 0 aromatic carbocycles. The molecule has 0 aliphatic carbocycles. The van der Waals surface area contributed by atoms with Gasteiger partial charge in [0.15, 0.2) is 5.82 Å². The maximum Gasteiger partial charge on any atom is 0.157 e. The second-order valence-electron chi connectivity index (χ2n) is 1.52. The van der Waals surface area contributed by atoms with Gasteiger partial charge in [-0.2, -0.15) is 0 Å². The molecular formula is C6H5N3. The summed E-state index contributed by atoms with van der Waals surface area (Å²) in [6.07, 6.45) is -0.387. The molecule has 0 fully saturated rings. The van der Waals surface area contributed by atoms with Gasteiger partial charge >= 0.3 is 0 Å². The largest absolute Gasteiger partial charge is 0.345 e. The van der Waals surface area contributed by atoms with E-state index in [1.54, 1.807) is 0 Å². The number of nitrogens with one attached hydrogen (secondary N) is 1. The Hall–Kier alpha value is -1.38. The Morgan fingerprint density at radius 2 is 2.56 bits per heavy atom. The van der Waals surface area contributed by atoms with Gasteiger partial charge in [0.05, 0.1) is 4.11 Å². The molecule has 0 unspecified atom stereocenters. The Kier molecular flexibility index (Phi) is 0.361. The van der Waals surface area contributed by atoms with Gasteiger partial charge in [0.1, 0.15) is 13.4 Å². The molecule has 3 nitrogen and oxygen atoms in total. The van der Waals surface area contributed by atoms with E-state index in [4.69, 9.17) is 5.48 Å². The van der Waals surface area contributed by atoms with Gasteiger partial charge in [-0.15, -0.1) is 0 Å². The van der Waals surface area contributed by atoms with Crippen molar-refractivity contribution >= 4 is 0 Å². The summed E-state index contributed by atoms with van der Waals surface area (Å²) in [7, 11) is 0. The number of fused-ring (bicyclic) bond motifs is 1. The van der Waals surface area contributed by atoms with Crippen LogP contribution in [0.4, 0.5) is 0 Å². The second kappa shape index (κ2) is 1.55. The lowest BCUT2D eigenvalue weighted by Gasteiger charge is -1.89.